The lowest BCUT2D eigenvalue weighted by molar-refractivity contribution is 0.581. The molecule has 0 radical (unpaired) electrons. The molecule has 0 aliphatic rings. The number of nitrogens with zero attached hydrogens (tertiary/aromatic N) is 3. The Hall–Kier alpha value is -2.96. The van der Waals surface area contributed by atoms with Crippen molar-refractivity contribution >= 4 is 31.6 Å². The van der Waals surface area contributed by atoms with Crippen LogP contribution in [-0.2, 0) is 13.1 Å². The van der Waals surface area contributed by atoms with Crippen LogP contribution in [-0.4, -0.2) is 26.3 Å². The zero-order valence-corrected chi connectivity index (χ0v) is 16.2. The first-order valence-corrected chi connectivity index (χ1v) is 10.3. The third-order valence-corrected chi connectivity index (χ3v) is 6.15. The zero-order chi connectivity index (χ0) is 18.8. The van der Waals surface area contributed by atoms with E-state index in [1.807, 2.05) is 18.7 Å². The van der Waals surface area contributed by atoms with Crippen molar-refractivity contribution in [1.82, 2.24) is 25.1 Å². The van der Waals surface area contributed by atoms with Crippen molar-refractivity contribution in [3.8, 4) is 11.3 Å². The number of thiophene rings is 1. The maximum atomic E-state index is 4.58. The van der Waals surface area contributed by atoms with Gasteiger partial charge in [-0.3, -0.25) is 5.10 Å². The lowest BCUT2D eigenvalue weighted by atomic mass is 10.1. The van der Waals surface area contributed by atoms with Gasteiger partial charge >= 0.3 is 0 Å². The Balaban J connectivity index is 1.24. The van der Waals surface area contributed by atoms with Crippen LogP contribution in [0.2, 0.25) is 0 Å². The van der Waals surface area contributed by atoms with E-state index in [1.54, 1.807) is 11.3 Å². The minimum atomic E-state index is 0.878. The molecule has 2 aromatic carbocycles. The first-order chi connectivity index (χ1) is 13.9. The maximum Gasteiger partial charge on any atom is 0.110 e. The largest absolute Gasteiger partial charge is 0.337 e. The van der Waals surface area contributed by atoms with Gasteiger partial charge in [0.2, 0.25) is 0 Å². The number of hydrogen-bond acceptors (Lipinski definition) is 4. The monoisotopic (exact) mass is 387 g/mol. The zero-order valence-electron chi connectivity index (χ0n) is 15.4. The number of hydrogen-bond donors (Lipinski definition) is 2. The second-order valence-corrected chi connectivity index (χ2v) is 7.95. The Morgan fingerprint density at radius 1 is 1.07 bits per heavy atom. The van der Waals surface area contributed by atoms with Gasteiger partial charge in [0, 0.05) is 41.1 Å². The number of nitrogens with one attached hydrogen (secondary N) is 2. The minimum Gasteiger partial charge on any atom is -0.337 e. The molecule has 0 fully saturated rings. The quantitative estimate of drug-likeness (QED) is 0.394. The number of aryl methyl sites for hydroxylation is 1. The molecular weight excluding hydrogens is 366 g/mol. The van der Waals surface area contributed by atoms with Gasteiger partial charge in [0.25, 0.3) is 0 Å². The molecule has 0 atom stereocenters. The van der Waals surface area contributed by atoms with Gasteiger partial charge in [-0.05, 0) is 24.6 Å². The molecule has 5 rings (SSSR count). The fraction of sp³-hybridized carbons (Fsp3) is 0.182. The van der Waals surface area contributed by atoms with Gasteiger partial charge < -0.3 is 9.88 Å². The molecule has 0 saturated heterocycles. The highest BCUT2D eigenvalue weighted by Gasteiger charge is 2.13. The molecule has 140 valence electrons. The highest BCUT2D eigenvalue weighted by Crippen LogP contribution is 2.38. The SMILES string of the molecule is c1ccc2c(c1)sc1c(-c3ccc(CNCCCn4ccnc4)cc3)n[nH]c12. The average Bonchev–Trinajstić information content (AvgIpc) is 3.45. The third kappa shape index (κ3) is 3.32. The molecule has 2 N–H and O–H groups in total. The smallest absolute Gasteiger partial charge is 0.110 e. The summed E-state index contributed by atoms with van der Waals surface area (Å²) < 4.78 is 4.63. The van der Waals surface area contributed by atoms with E-state index in [4.69, 9.17) is 0 Å². The van der Waals surface area contributed by atoms with Crippen molar-refractivity contribution in [3.63, 3.8) is 0 Å². The standard InChI is InChI=1S/C22H21N5S/c1-2-5-19-18(4-1)21-22(28-19)20(25-26-21)17-8-6-16(7-9-17)14-23-10-3-12-27-13-11-24-15-27/h1-2,4-9,11,13,15,23H,3,10,12,14H2,(H,25,26). The van der Waals surface area contributed by atoms with Gasteiger partial charge in [-0.15, -0.1) is 11.3 Å². The Bertz CT molecular complexity index is 1190. The van der Waals surface area contributed by atoms with Crippen molar-refractivity contribution in [2.24, 2.45) is 0 Å². The van der Waals surface area contributed by atoms with E-state index >= 15 is 0 Å². The van der Waals surface area contributed by atoms with E-state index in [0.29, 0.717) is 0 Å². The fourth-order valence-electron chi connectivity index (χ4n) is 3.50. The van der Waals surface area contributed by atoms with Gasteiger partial charge in [-0.2, -0.15) is 5.10 Å². The summed E-state index contributed by atoms with van der Waals surface area (Å²) >= 11 is 1.80. The number of imidazole rings is 1. The van der Waals surface area contributed by atoms with Crippen LogP contribution in [0.4, 0.5) is 0 Å². The van der Waals surface area contributed by atoms with E-state index in [2.05, 4.69) is 73.6 Å². The van der Waals surface area contributed by atoms with Crippen molar-refractivity contribution < 1.29 is 0 Å². The average molecular weight is 388 g/mol. The van der Waals surface area contributed by atoms with E-state index in [1.165, 1.54) is 20.3 Å². The van der Waals surface area contributed by atoms with E-state index in [9.17, 15) is 0 Å². The first kappa shape index (κ1) is 17.2. The molecule has 28 heavy (non-hydrogen) atoms. The molecule has 0 aliphatic carbocycles. The Labute approximate surface area is 167 Å². The van der Waals surface area contributed by atoms with E-state index < -0.39 is 0 Å². The van der Waals surface area contributed by atoms with E-state index in [-0.39, 0.29) is 0 Å². The summed E-state index contributed by atoms with van der Waals surface area (Å²) in [6.45, 7) is 2.86. The van der Waals surface area contributed by atoms with Crippen molar-refractivity contribution in [2.75, 3.05) is 6.54 Å². The number of benzene rings is 2. The fourth-order valence-corrected chi connectivity index (χ4v) is 4.66. The third-order valence-electron chi connectivity index (χ3n) is 4.98. The highest BCUT2D eigenvalue weighted by molar-refractivity contribution is 7.26. The molecule has 0 bridgehead atoms. The van der Waals surface area contributed by atoms with Gasteiger partial charge in [0.05, 0.1) is 16.5 Å². The Kier molecular flexibility index (Phi) is 4.64. The summed E-state index contributed by atoms with van der Waals surface area (Å²) in [6, 6.07) is 17.2. The Morgan fingerprint density at radius 3 is 2.82 bits per heavy atom. The molecular formula is C22H21N5S. The van der Waals surface area contributed by atoms with Gasteiger partial charge in [0.1, 0.15) is 5.69 Å². The van der Waals surface area contributed by atoms with Crippen molar-refractivity contribution in [3.05, 3.63) is 72.8 Å². The summed E-state index contributed by atoms with van der Waals surface area (Å²) in [4.78, 5) is 4.07. The van der Waals surface area contributed by atoms with Crippen LogP contribution in [0, 0.1) is 0 Å². The molecule has 3 aromatic heterocycles. The molecule has 5 aromatic rings. The molecule has 6 heteroatoms. The van der Waals surface area contributed by atoms with Crippen LogP contribution < -0.4 is 5.32 Å². The molecule has 0 spiro atoms. The minimum absolute atomic E-state index is 0.878. The molecule has 0 aliphatic heterocycles. The van der Waals surface area contributed by atoms with Crippen LogP contribution in [0.25, 0.3) is 31.6 Å². The van der Waals surface area contributed by atoms with Crippen molar-refractivity contribution in [2.45, 2.75) is 19.5 Å². The number of aromatic amines is 1. The normalized spacial score (nSPS) is 11.6. The summed E-state index contributed by atoms with van der Waals surface area (Å²) in [5.41, 5.74) is 4.62. The van der Waals surface area contributed by atoms with Crippen LogP contribution in [0.1, 0.15) is 12.0 Å². The molecule has 0 unspecified atom stereocenters. The summed E-state index contributed by atoms with van der Waals surface area (Å²) in [5.74, 6) is 0. The lowest BCUT2D eigenvalue weighted by Gasteiger charge is -2.06. The Morgan fingerprint density at radius 2 is 1.96 bits per heavy atom. The van der Waals surface area contributed by atoms with Crippen LogP contribution in [0.5, 0.6) is 0 Å². The number of aromatic nitrogens is 4. The van der Waals surface area contributed by atoms with Gasteiger partial charge in [-0.25, -0.2) is 4.98 Å². The summed E-state index contributed by atoms with van der Waals surface area (Å²) in [7, 11) is 0. The lowest BCUT2D eigenvalue weighted by Crippen LogP contribution is -2.16. The number of fused-ring (bicyclic) bond motifs is 3. The number of H-pyrrole nitrogens is 1. The van der Waals surface area contributed by atoms with E-state index in [0.717, 1.165) is 42.8 Å². The summed E-state index contributed by atoms with van der Waals surface area (Å²) in [5, 5.41) is 12.6. The predicted molar refractivity (Wildman–Crippen MR) is 115 cm³/mol. The number of rotatable bonds is 7. The first-order valence-electron chi connectivity index (χ1n) is 9.50. The maximum absolute atomic E-state index is 4.58. The molecule has 3 heterocycles. The second-order valence-electron chi connectivity index (χ2n) is 6.90. The van der Waals surface area contributed by atoms with Gasteiger partial charge in [-0.1, -0.05) is 42.5 Å². The van der Waals surface area contributed by atoms with Crippen molar-refractivity contribution in [1.29, 1.82) is 0 Å². The van der Waals surface area contributed by atoms with Gasteiger partial charge in [0.15, 0.2) is 0 Å². The van der Waals surface area contributed by atoms with Crippen LogP contribution >= 0.6 is 11.3 Å². The predicted octanol–water partition coefficient (Wildman–Crippen LogP) is 4.82. The molecule has 0 saturated carbocycles. The van der Waals surface area contributed by atoms with Crippen LogP contribution in [0.15, 0.2) is 67.3 Å². The molecule has 0 amide bonds. The second kappa shape index (κ2) is 7.58. The molecule has 5 nitrogen and oxygen atoms in total. The highest BCUT2D eigenvalue weighted by atomic mass is 32.1. The summed E-state index contributed by atoms with van der Waals surface area (Å²) in [6.07, 6.45) is 6.77. The topological polar surface area (TPSA) is 58.5 Å². The van der Waals surface area contributed by atoms with Crippen LogP contribution in [0.3, 0.4) is 0 Å².